The highest BCUT2D eigenvalue weighted by molar-refractivity contribution is 5.88. The minimum atomic E-state index is 0.169. The molecule has 94 valence electrons. The molecule has 2 aliphatic rings. The summed E-state index contributed by atoms with van der Waals surface area (Å²) >= 11 is 0. The van der Waals surface area contributed by atoms with Gasteiger partial charge in [-0.05, 0) is 38.6 Å². The maximum Gasteiger partial charge on any atom is 0.153 e. The first kappa shape index (κ1) is 13.7. The first-order valence-electron chi connectivity index (χ1n) is 7.04. The Morgan fingerprint density at radius 3 is 2.06 bits per heavy atom. The predicted molar refractivity (Wildman–Crippen MR) is 68.5 cm³/mol. The van der Waals surface area contributed by atoms with E-state index < -0.39 is 0 Å². The van der Waals surface area contributed by atoms with Crippen molar-refractivity contribution in [1.29, 1.82) is 0 Å². The molecule has 2 fully saturated rings. The van der Waals surface area contributed by atoms with Gasteiger partial charge in [-0.1, -0.05) is 33.1 Å². The maximum absolute atomic E-state index is 12.0. The van der Waals surface area contributed by atoms with Gasteiger partial charge in [-0.15, -0.1) is 0 Å². The molecular formula is C14H27NO. The van der Waals surface area contributed by atoms with Gasteiger partial charge >= 0.3 is 0 Å². The van der Waals surface area contributed by atoms with E-state index in [9.17, 15) is 4.79 Å². The lowest BCUT2D eigenvalue weighted by Gasteiger charge is -2.29. The maximum atomic E-state index is 12.0. The second-order valence-electron chi connectivity index (χ2n) is 4.84. The zero-order valence-corrected chi connectivity index (χ0v) is 11.1. The van der Waals surface area contributed by atoms with Crippen LogP contribution >= 0.6 is 0 Å². The van der Waals surface area contributed by atoms with Crippen LogP contribution in [0.4, 0.5) is 0 Å². The van der Waals surface area contributed by atoms with Gasteiger partial charge in [-0.3, -0.25) is 4.79 Å². The third-order valence-electron chi connectivity index (χ3n) is 3.72. The summed E-state index contributed by atoms with van der Waals surface area (Å²) in [6, 6.07) is 0.169. The van der Waals surface area contributed by atoms with E-state index in [2.05, 4.69) is 5.32 Å². The molecule has 2 nitrogen and oxygen atoms in total. The SMILES string of the molecule is CC.CNC(C(=O)C1CC1)C1CCCCC1. The Bertz CT molecular complexity index is 205. The van der Waals surface area contributed by atoms with Gasteiger partial charge in [0.05, 0.1) is 6.04 Å². The monoisotopic (exact) mass is 225 g/mol. The van der Waals surface area contributed by atoms with Gasteiger partial charge in [0, 0.05) is 5.92 Å². The van der Waals surface area contributed by atoms with Gasteiger partial charge in [-0.2, -0.15) is 0 Å². The molecule has 0 aromatic heterocycles. The number of Topliss-reactive ketones (excluding diaryl/α,β-unsaturated/α-hetero) is 1. The molecule has 2 rings (SSSR count). The molecule has 2 saturated carbocycles. The number of rotatable bonds is 4. The van der Waals surface area contributed by atoms with Crippen LogP contribution < -0.4 is 5.32 Å². The minimum absolute atomic E-state index is 0.169. The second-order valence-corrected chi connectivity index (χ2v) is 4.84. The molecule has 0 amide bonds. The van der Waals surface area contributed by atoms with Crippen molar-refractivity contribution in [2.45, 2.75) is 64.8 Å². The zero-order chi connectivity index (χ0) is 12.0. The molecule has 0 radical (unpaired) electrons. The molecule has 16 heavy (non-hydrogen) atoms. The zero-order valence-electron chi connectivity index (χ0n) is 11.1. The molecule has 2 aliphatic carbocycles. The number of hydrogen-bond acceptors (Lipinski definition) is 2. The highest BCUT2D eigenvalue weighted by Gasteiger charge is 2.37. The second kappa shape index (κ2) is 7.05. The van der Waals surface area contributed by atoms with Gasteiger partial charge < -0.3 is 5.32 Å². The summed E-state index contributed by atoms with van der Waals surface area (Å²) < 4.78 is 0. The molecule has 1 atom stereocenters. The number of carbonyl (C=O) groups excluding carboxylic acids is 1. The van der Waals surface area contributed by atoms with Crippen LogP contribution in [-0.4, -0.2) is 18.9 Å². The summed E-state index contributed by atoms with van der Waals surface area (Å²) in [7, 11) is 1.94. The topological polar surface area (TPSA) is 29.1 Å². The van der Waals surface area contributed by atoms with Crippen LogP contribution in [0.5, 0.6) is 0 Å². The van der Waals surface area contributed by atoms with Crippen molar-refractivity contribution in [3.8, 4) is 0 Å². The Kier molecular flexibility index (Phi) is 6.04. The Balaban J connectivity index is 0.000000606. The Hall–Kier alpha value is -0.370. The normalized spacial score (nSPS) is 23.2. The smallest absolute Gasteiger partial charge is 0.153 e. The molecule has 1 N–H and O–H groups in total. The minimum Gasteiger partial charge on any atom is -0.310 e. The first-order valence-corrected chi connectivity index (χ1v) is 7.04. The van der Waals surface area contributed by atoms with Crippen LogP contribution in [0.3, 0.4) is 0 Å². The number of hydrogen-bond donors (Lipinski definition) is 1. The summed E-state index contributed by atoms with van der Waals surface area (Å²) in [4.78, 5) is 12.0. The van der Waals surface area contributed by atoms with Crippen molar-refractivity contribution in [1.82, 2.24) is 5.32 Å². The van der Waals surface area contributed by atoms with Gasteiger partial charge in [0.2, 0.25) is 0 Å². The first-order chi connectivity index (χ1) is 7.83. The lowest BCUT2D eigenvalue weighted by Crippen LogP contribution is -2.42. The van der Waals surface area contributed by atoms with E-state index in [1.165, 1.54) is 32.1 Å². The Morgan fingerprint density at radius 1 is 1.06 bits per heavy atom. The van der Waals surface area contributed by atoms with Crippen molar-refractivity contribution >= 4 is 5.78 Å². The molecular weight excluding hydrogens is 198 g/mol. The molecule has 0 aromatic carbocycles. The number of nitrogens with one attached hydrogen (secondary N) is 1. The van der Waals surface area contributed by atoms with Gasteiger partial charge in [0.25, 0.3) is 0 Å². The quantitative estimate of drug-likeness (QED) is 0.796. The van der Waals surface area contributed by atoms with Crippen LogP contribution in [0.15, 0.2) is 0 Å². The van der Waals surface area contributed by atoms with Crippen molar-refractivity contribution in [3.63, 3.8) is 0 Å². The van der Waals surface area contributed by atoms with Gasteiger partial charge in [0.1, 0.15) is 0 Å². The highest BCUT2D eigenvalue weighted by Crippen LogP contribution is 2.35. The van der Waals surface area contributed by atoms with Crippen LogP contribution in [0.1, 0.15) is 58.8 Å². The van der Waals surface area contributed by atoms with E-state index in [4.69, 9.17) is 0 Å². The van der Waals surface area contributed by atoms with Crippen LogP contribution in [0, 0.1) is 11.8 Å². The Labute approximate surface area is 100 Å². The molecule has 2 heteroatoms. The number of likely N-dealkylation sites (N-methyl/N-ethyl adjacent to an activating group) is 1. The van der Waals surface area contributed by atoms with E-state index in [-0.39, 0.29) is 6.04 Å². The van der Waals surface area contributed by atoms with Crippen molar-refractivity contribution in [2.75, 3.05) is 7.05 Å². The Morgan fingerprint density at radius 2 is 1.62 bits per heavy atom. The fraction of sp³-hybridized carbons (Fsp3) is 0.929. The van der Waals surface area contributed by atoms with Crippen LogP contribution in [0.2, 0.25) is 0 Å². The summed E-state index contributed by atoms with van der Waals surface area (Å²) in [5, 5.41) is 3.24. The number of ketones is 1. The number of carbonyl (C=O) groups is 1. The lowest BCUT2D eigenvalue weighted by atomic mass is 9.81. The van der Waals surface area contributed by atoms with E-state index in [0.717, 1.165) is 12.8 Å². The molecule has 0 aromatic rings. The third-order valence-corrected chi connectivity index (χ3v) is 3.72. The van der Waals surface area contributed by atoms with E-state index >= 15 is 0 Å². The molecule has 0 aliphatic heterocycles. The van der Waals surface area contributed by atoms with Crippen molar-refractivity contribution < 1.29 is 4.79 Å². The van der Waals surface area contributed by atoms with Crippen LogP contribution in [0.25, 0.3) is 0 Å². The van der Waals surface area contributed by atoms with Crippen molar-refractivity contribution in [3.05, 3.63) is 0 Å². The lowest BCUT2D eigenvalue weighted by molar-refractivity contribution is -0.123. The molecule has 0 heterocycles. The van der Waals surface area contributed by atoms with Crippen molar-refractivity contribution in [2.24, 2.45) is 11.8 Å². The molecule has 1 unspecified atom stereocenters. The highest BCUT2D eigenvalue weighted by atomic mass is 16.1. The fourth-order valence-corrected chi connectivity index (χ4v) is 2.70. The largest absolute Gasteiger partial charge is 0.310 e. The summed E-state index contributed by atoms with van der Waals surface area (Å²) in [6.45, 7) is 4.00. The molecule has 0 bridgehead atoms. The summed E-state index contributed by atoms with van der Waals surface area (Å²) in [5.41, 5.74) is 0. The van der Waals surface area contributed by atoms with E-state index in [0.29, 0.717) is 17.6 Å². The third kappa shape index (κ3) is 3.58. The van der Waals surface area contributed by atoms with E-state index in [1.54, 1.807) is 0 Å². The fourth-order valence-electron chi connectivity index (χ4n) is 2.70. The summed E-state index contributed by atoms with van der Waals surface area (Å²) in [5.74, 6) is 1.54. The average molecular weight is 225 g/mol. The van der Waals surface area contributed by atoms with Crippen LogP contribution in [-0.2, 0) is 4.79 Å². The molecule has 0 spiro atoms. The van der Waals surface area contributed by atoms with Gasteiger partial charge in [0.15, 0.2) is 5.78 Å². The predicted octanol–water partition coefficient (Wildman–Crippen LogP) is 3.16. The van der Waals surface area contributed by atoms with E-state index in [1.807, 2.05) is 20.9 Å². The molecule has 0 saturated heterocycles. The van der Waals surface area contributed by atoms with Gasteiger partial charge in [-0.25, -0.2) is 0 Å². The average Bonchev–Trinajstić information content (AvgIpc) is 3.18. The summed E-state index contributed by atoms with van der Waals surface area (Å²) in [6.07, 6.45) is 8.80. The standard InChI is InChI=1S/C12H21NO.C2H6/c1-13-11(12(14)10-7-8-10)9-5-3-2-4-6-9;1-2/h9-11,13H,2-8H2,1H3;1-2H3.